The summed E-state index contributed by atoms with van der Waals surface area (Å²) in [6, 6.07) is 6.71. The van der Waals surface area contributed by atoms with Crippen molar-refractivity contribution >= 4 is 8.32 Å². The first-order chi connectivity index (χ1) is 13.6. The molecule has 0 N–H and O–H groups in total. The summed E-state index contributed by atoms with van der Waals surface area (Å²) in [5.74, 6) is 4.17. The number of hydrogen-bond acceptors (Lipinski definition) is 3. The average molecular weight is 415 g/mol. The molecule has 0 heterocycles. The zero-order valence-electron chi connectivity index (χ0n) is 19.3. The van der Waals surface area contributed by atoms with Gasteiger partial charge >= 0.3 is 0 Å². The molecule has 4 heteroatoms. The molecule has 0 spiro atoms. The summed E-state index contributed by atoms with van der Waals surface area (Å²) in [6.07, 6.45) is 8.68. The summed E-state index contributed by atoms with van der Waals surface area (Å²) >= 11 is 0. The largest absolute Gasteiger partial charge is 0.541 e. The molecule has 4 aliphatic carbocycles. The molecule has 5 rings (SSSR count). The zero-order chi connectivity index (χ0) is 21.0. The van der Waals surface area contributed by atoms with Gasteiger partial charge in [0.1, 0.15) is 5.75 Å². The van der Waals surface area contributed by atoms with E-state index >= 15 is 0 Å². The van der Waals surface area contributed by atoms with E-state index in [-0.39, 0.29) is 10.5 Å². The lowest BCUT2D eigenvalue weighted by molar-refractivity contribution is 0.0424. The second kappa shape index (κ2) is 7.07. The van der Waals surface area contributed by atoms with E-state index in [4.69, 9.17) is 13.9 Å². The Bertz CT molecular complexity index is 791. The number of hydrogen-bond donors (Lipinski definition) is 0. The third-order valence-electron chi connectivity index (χ3n) is 8.30. The quantitative estimate of drug-likeness (QED) is 0.397. The van der Waals surface area contributed by atoms with Crippen LogP contribution in [0.2, 0.25) is 18.1 Å². The molecular weight excluding hydrogens is 376 g/mol. The fraction of sp³-hybridized carbons (Fsp3) is 0.680. The highest BCUT2D eigenvalue weighted by atomic mass is 28.4. The molecule has 3 nitrogen and oxygen atoms in total. The molecule has 1 aromatic rings. The number of ether oxygens (including phenoxy) is 2. The molecule has 4 fully saturated rings. The monoisotopic (exact) mass is 414 g/mol. The van der Waals surface area contributed by atoms with E-state index in [2.05, 4.69) is 58.3 Å². The van der Waals surface area contributed by atoms with Crippen molar-refractivity contribution in [2.75, 3.05) is 14.2 Å². The minimum absolute atomic E-state index is 0.114. The van der Waals surface area contributed by atoms with Crippen LogP contribution in [0.15, 0.2) is 30.0 Å². The van der Waals surface area contributed by atoms with Gasteiger partial charge in [-0.15, -0.1) is 0 Å². The Morgan fingerprint density at radius 1 is 1.00 bits per heavy atom. The van der Waals surface area contributed by atoms with E-state index < -0.39 is 8.32 Å². The van der Waals surface area contributed by atoms with Gasteiger partial charge < -0.3 is 13.9 Å². The minimum Gasteiger partial charge on any atom is -0.541 e. The number of methoxy groups -OCH3 is 2. The van der Waals surface area contributed by atoms with Crippen LogP contribution < -0.4 is 9.16 Å². The highest BCUT2D eigenvalue weighted by molar-refractivity contribution is 6.74. The van der Waals surface area contributed by atoms with Gasteiger partial charge in [0.2, 0.25) is 0 Å². The van der Waals surface area contributed by atoms with E-state index in [1.54, 1.807) is 14.2 Å². The first kappa shape index (κ1) is 20.8. The molecule has 0 radical (unpaired) electrons. The lowest BCUT2D eigenvalue weighted by atomic mass is 9.46. The topological polar surface area (TPSA) is 27.7 Å². The van der Waals surface area contributed by atoms with E-state index in [0.29, 0.717) is 5.92 Å². The van der Waals surface area contributed by atoms with Crippen molar-refractivity contribution < 1.29 is 13.9 Å². The molecule has 29 heavy (non-hydrogen) atoms. The Morgan fingerprint density at radius 3 is 2.21 bits per heavy atom. The summed E-state index contributed by atoms with van der Waals surface area (Å²) < 4.78 is 18.1. The van der Waals surface area contributed by atoms with Gasteiger partial charge in [-0.3, -0.25) is 0 Å². The van der Waals surface area contributed by atoms with Crippen LogP contribution >= 0.6 is 0 Å². The number of rotatable bonds is 5. The Balaban J connectivity index is 1.78. The smallest absolute Gasteiger partial charge is 0.250 e. The summed E-state index contributed by atoms with van der Waals surface area (Å²) in [5, 5.41) is 0.149. The second-order valence-corrected chi connectivity index (χ2v) is 15.9. The van der Waals surface area contributed by atoms with Crippen molar-refractivity contribution in [3.63, 3.8) is 0 Å². The highest BCUT2D eigenvalue weighted by Crippen LogP contribution is 2.63. The Labute approximate surface area is 178 Å². The maximum Gasteiger partial charge on any atom is 0.250 e. The summed E-state index contributed by atoms with van der Waals surface area (Å²) in [7, 11) is 1.59. The maximum absolute atomic E-state index is 6.75. The number of allylic oxidation sites excluding steroid dienone is 1. The van der Waals surface area contributed by atoms with Crippen LogP contribution in [0.3, 0.4) is 0 Å². The summed E-state index contributed by atoms with van der Waals surface area (Å²) in [5.41, 5.74) is 3.04. The first-order valence-electron chi connectivity index (χ1n) is 11.2. The molecule has 0 amide bonds. The van der Waals surface area contributed by atoms with Gasteiger partial charge in [-0.1, -0.05) is 26.8 Å². The zero-order valence-corrected chi connectivity index (χ0v) is 20.3. The predicted octanol–water partition coefficient (Wildman–Crippen LogP) is 6.69. The van der Waals surface area contributed by atoms with Crippen LogP contribution in [-0.2, 0) is 10.2 Å². The Morgan fingerprint density at radius 2 is 1.66 bits per heavy atom. The van der Waals surface area contributed by atoms with Crippen LogP contribution in [0.25, 0.3) is 0 Å². The molecule has 0 aromatic heterocycles. The van der Waals surface area contributed by atoms with Gasteiger partial charge in [-0.2, -0.15) is 0 Å². The van der Waals surface area contributed by atoms with Crippen molar-refractivity contribution in [2.45, 2.75) is 76.4 Å². The van der Waals surface area contributed by atoms with Crippen LogP contribution in [0, 0.1) is 17.8 Å². The number of benzene rings is 1. The normalized spacial score (nSPS) is 32.5. The predicted molar refractivity (Wildman–Crippen MR) is 121 cm³/mol. The highest BCUT2D eigenvalue weighted by Gasteiger charge is 2.55. The molecule has 2 unspecified atom stereocenters. The van der Waals surface area contributed by atoms with Gasteiger partial charge in [0.05, 0.1) is 20.5 Å². The van der Waals surface area contributed by atoms with E-state index in [9.17, 15) is 0 Å². The van der Waals surface area contributed by atoms with Gasteiger partial charge in [0.15, 0.2) is 5.75 Å². The molecular formula is C25H38O3Si. The van der Waals surface area contributed by atoms with Crippen molar-refractivity contribution in [3.05, 3.63) is 35.6 Å². The van der Waals surface area contributed by atoms with Gasteiger partial charge in [-0.05, 0) is 91.3 Å². The summed E-state index contributed by atoms with van der Waals surface area (Å²) in [6.45, 7) is 11.5. The molecule has 4 aliphatic rings. The fourth-order valence-electron chi connectivity index (χ4n) is 6.07. The van der Waals surface area contributed by atoms with E-state index in [1.165, 1.54) is 43.2 Å². The van der Waals surface area contributed by atoms with Crippen molar-refractivity contribution in [2.24, 2.45) is 17.8 Å². The lowest BCUT2D eigenvalue weighted by Crippen LogP contribution is -2.50. The molecule has 4 bridgehead atoms. The first-order valence-corrected chi connectivity index (χ1v) is 14.1. The molecule has 2 atom stereocenters. The van der Waals surface area contributed by atoms with Crippen LogP contribution in [0.5, 0.6) is 11.5 Å². The minimum atomic E-state index is -1.96. The molecule has 1 aromatic carbocycles. The van der Waals surface area contributed by atoms with Crippen LogP contribution in [-0.4, -0.2) is 22.5 Å². The third-order valence-corrected chi connectivity index (χ3v) is 12.6. The molecule has 160 valence electrons. The average Bonchev–Trinajstić information content (AvgIpc) is 2.63. The molecule has 0 aliphatic heterocycles. The standard InChI is InChI=1S/C25H38O3Si/c1-24(2,3)29(6,7)28-23-13-20(8-9-22(23)27-5)25-14-17-10-18(15-25)12-19(11-17)21(25)16-26-4/h8-9,13,16-19H,10-12,14-15H2,1-7H3. The second-order valence-electron chi connectivity index (χ2n) is 11.2. The molecule has 0 saturated heterocycles. The Kier molecular flexibility index (Phi) is 5.08. The Hall–Kier alpha value is -1.42. The van der Waals surface area contributed by atoms with Gasteiger partial charge in [0.25, 0.3) is 8.32 Å². The van der Waals surface area contributed by atoms with E-state index in [1.807, 2.05) is 0 Å². The van der Waals surface area contributed by atoms with Gasteiger partial charge in [-0.25, -0.2) is 0 Å². The van der Waals surface area contributed by atoms with Crippen molar-refractivity contribution in [3.8, 4) is 11.5 Å². The third kappa shape index (κ3) is 3.41. The van der Waals surface area contributed by atoms with Crippen molar-refractivity contribution in [1.29, 1.82) is 0 Å². The molecule has 4 saturated carbocycles. The van der Waals surface area contributed by atoms with Crippen molar-refractivity contribution in [1.82, 2.24) is 0 Å². The lowest BCUT2D eigenvalue weighted by Gasteiger charge is -2.58. The SMILES string of the molecule is COC=C1C2CC3CC(C2)CC1(c1ccc(OC)c(O[Si](C)(C)C(C)(C)C)c1)C3. The summed E-state index contributed by atoms with van der Waals surface area (Å²) in [4.78, 5) is 0. The maximum atomic E-state index is 6.75. The van der Waals surface area contributed by atoms with Gasteiger partial charge in [0, 0.05) is 5.41 Å². The van der Waals surface area contributed by atoms with E-state index in [0.717, 1.165) is 23.3 Å². The fourth-order valence-corrected chi connectivity index (χ4v) is 7.08. The van der Waals surface area contributed by atoms with Crippen LogP contribution in [0.4, 0.5) is 0 Å². The van der Waals surface area contributed by atoms with Crippen LogP contribution in [0.1, 0.15) is 58.4 Å².